The first-order valence-electron chi connectivity index (χ1n) is 6.69. The Bertz CT molecular complexity index is 499. The van der Waals surface area contributed by atoms with Gasteiger partial charge in [0.05, 0.1) is 31.3 Å². The summed E-state index contributed by atoms with van der Waals surface area (Å²) in [6, 6.07) is 0. The second-order valence-corrected chi connectivity index (χ2v) is 8.52. The summed E-state index contributed by atoms with van der Waals surface area (Å²) in [7, 11) is -6.26. The second kappa shape index (κ2) is 13.3. The number of rotatable bonds is 11. The van der Waals surface area contributed by atoms with Gasteiger partial charge in [-0.15, -0.1) is 16.6 Å². The standard InChI is InChI=1S/C11H23Cl2NO4S.O3S/c1-4-17-6-7-18-8-10-19(15,16)9-5-11(2,3)14(12)13;1-4(2)3/h4-10H2,1-3H3;. The van der Waals surface area contributed by atoms with E-state index in [-0.39, 0.29) is 18.1 Å². The van der Waals surface area contributed by atoms with Crippen LogP contribution in [0.3, 0.4) is 0 Å². The molecule has 0 bridgehead atoms. The van der Waals surface area contributed by atoms with E-state index in [0.717, 1.165) is 3.94 Å². The Morgan fingerprint density at radius 3 is 1.91 bits per heavy atom. The van der Waals surface area contributed by atoms with Crippen molar-refractivity contribution in [3.63, 3.8) is 0 Å². The average molecular weight is 416 g/mol. The summed E-state index contributed by atoms with van der Waals surface area (Å²) in [4.78, 5) is 0. The highest BCUT2D eigenvalue weighted by Crippen LogP contribution is 2.24. The summed E-state index contributed by atoms with van der Waals surface area (Å²) in [5, 5.41) is 0. The maximum atomic E-state index is 11.8. The van der Waals surface area contributed by atoms with Crippen molar-refractivity contribution >= 4 is 44.0 Å². The van der Waals surface area contributed by atoms with E-state index >= 15 is 0 Å². The van der Waals surface area contributed by atoms with Gasteiger partial charge in [0, 0.05) is 12.1 Å². The second-order valence-electron chi connectivity index (χ2n) is 4.96. The molecule has 0 aliphatic heterocycles. The van der Waals surface area contributed by atoms with Gasteiger partial charge in [-0.25, -0.2) is 8.42 Å². The zero-order valence-corrected chi connectivity index (χ0v) is 16.5. The smallest absolute Gasteiger partial charge is 0.379 e. The van der Waals surface area contributed by atoms with E-state index in [0.29, 0.717) is 26.2 Å². The molecule has 8 nitrogen and oxygen atoms in total. The lowest BCUT2D eigenvalue weighted by Crippen LogP contribution is -2.34. The molecule has 0 radical (unpaired) electrons. The summed E-state index contributed by atoms with van der Waals surface area (Å²) in [5.41, 5.74) is -0.577. The predicted molar refractivity (Wildman–Crippen MR) is 87.9 cm³/mol. The van der Waals surface area contributed by atoms with Crippen molar-refractivity contribution in [3.8, 4) is 0 Å². The molecule has 0 fully saturated rings. The fourth-order valence-electron chi connectivity index (χ4n) is 1.14. The van der Waals surface area contributed by atoms with Crippen LogP contribution in [0.2, 0.25) is 0 Å². The topological polar surface area (TPSA) is 107 Å². The average Bonchev–Trinajstić information content (AvgIpc) is 2.40. The molecule has 0 aromatic rings. The molecule has 0 atom stereocenters. The van der Waals surface area contributed by atoms with Crippen molar-refractivity contribution in [1.82, 2.24) is 3.94 Å². The van der Waals surface area contributed by atoms with E-state index < -0.39 is 26.0 Å². The van der Waals surface area contributed by atoms with Crippen LogP contribution in [0, 0.1) is 0 Å². The molecule has 0 N–H and O–H groups in total. The largest absolute Gasteiger partial charge is 0.425 e. The molecule has 0 heterocycles. The summed E-state index contributed by atoms with van der Waals surface area (Å²) in [6.07, 6.45) is 0.362. The quantitative estimate of drug-likeness (QED) is 0.366. The molecular weight excluding hydrogens is 393 g/mol. The van der Waals surface area contributed by atoms with Crippen LogP contribution < -0.4 is 0 Å². The molecule has 0 amide bonds. The third-order valence-corrected chi connectivity index (χ3v) is 5.13. The minimum atomic E-state index is -3.15. The Balaban J connectivity index is 0. The molecule has 0 aliphatic carbocycles. The number of hydrogen-bond donors (Lipinski definition) is 0. The van der Waals surface area contributed by atoms with Gasteiger partial charge in [-0.3, -0.25) is 0 Å². The van der Waals surface area contributed by atoms with E-state index in [2.05, 4.69) is 0 Å². The van der Waals surface area contributed by atoms with Crippen molar-refractivity contribution in [2.75, 3.05) is 37.9 Å². The minimum absolute atomic E-state index is 0.000222. The third kappa shape index (κ3) is 18.2. The molecule has 0 aromatic carbocycles. The molecule has 12 heteroatoms. The number of halogens is 2. The van der Waals surface area contributed by atoms with Crippen molar-refractivity contribution in [2.45, 2.75) is 32.7 Å². The molecule has 0 aromatic heterocycles. The Labute approximate surface area is 149 Å². The van der Waals surface area contributed by atoms with Gasteiger partial charge in [-0.2, -0.15) is 0 Å². The van der Waals surface area contributed by atoms with Crippen molar-refractivity contribution in [3.05, 3.63) is 0 Å². The number of nitrogens with zero attached hydrogens (tertiary/aromatic N) is 1. The number of sulfone groups is 1. The van der Waals surface area contributed by atoms with Crippen molar-refractivity contribution in [2.24, 2.45) is 0 Å². The van der Waals surface area contributed by atoms with E-state index in [9.17, 15) is 8.42 Å². The van der Waals surface area contributed by atoms with Gasteiger partial charge in [-0.1, -0.05) is 0 Å². The van der Waals surface area contributed by atoms with E-state index in [1.165, 1.54) is 0 Å². The molecular formula is C11H23Cl2NO7S2. The van der Waals surface area contributed by atoms with Gasteiger partial charge in [0.2, 0.25) is 0 Å². The van der Waals surface area contributed by atoms with Crippen LogP contribution >= 0.6 is 23.6 Å². The highest BCUT2D eigenvalue weighted by molar-refractivity contribution is 7.91. The van der Waals surface area contributed by atoms with Crippen LogP contribution in [0.5, 0.6) is 0 Å². The van der Waals surface area contributed by atoms with Crippen LogP contribution in [0.1, 0.15) is 27.2 Å². The third-order valence-electron chi connectivity index (χ3n) is 2.60. The van der Waals surface area contributed by atoms with Gasteiger partial charge in [0.25, 0.3) is 0 Å². The van der Waals surface area contributed by atoms with E-state index in [1.54, 1.807) is 13.8 Å². The van der Waals surface area contributed by atoms with Gasteiger partial charge in [0.1, 0.15) is 0 Å². The molecule has 0 aliphatic rings. The molecule has 140 valence electrons. The number of hydrogen-bond acceptors (Lipinski definition) is 8. The summed E-state index contributed by atoms with van der Waals surface area (Å²) < 4.78 is 60.1. The van der Waals surface area contributed by atoms with E-state index in [1.807, 2.05) is 6.92 Å². The van der Waals surface area contributed by atoms with Crippen LogP contribution in [-0.4, -0.2) is 68.5 Å². The normalized spacial score (nSPS) is 11.9. The van der Waals surface area contributed by atoms with Gasteiger partial charge < -0.3 is 9.47 Å². The van der Waals surface area contributed by atoms with Gasteiger partial charge in [0.15, 0.2) is 9.84 Å². The highest BCUT2D eigenvalue weighted by atomic mass is 35.5. The zero-order chi connectivity index (χ0) is 18.5. The van der Waals surface area contributed by atoms with Crippen LogP contribution in [0.25, 0.3) is 0 Å². The first kappa shape index (κ1) is 25.3. The van der Waals surface area contributed by atoms with Crippen LogP contribution in [0.4, 0.5) is 0 Å². The zero-order valence-electron chi connectivity index (χ0n) is 13.3. The molecule has 0 saturated carbocycles. The lowest BCUT2D eigenvalue weighted by molar-refractivity contribution is 0.0590. The van der Waals surface area contributed by atoms with Crippen LogP contribution in [-0.2, 0) is 29.9 Å². The molecule has 23 heavy (non-hydrogen) atoms. The summed E-state index contributed by atoms with van der Waals surface area (Å²) >= 11 is 11.3. The maximum absolute atomic E-state index is 11.8. The lowest BCUT2D eigenvalue weighted by atomic mass is 10.0. The fraction of sp³-hybridized carbons (Fsp3) is 1.00. The summed E-state index contributed by atoms with van der Waals surface area (Å²) in [5.74, 6) is 0.0323. The van der Waals surface area contributed by atoms with Gasteiger partial charge >= 0.3 is 10.6 Å². The SMILES string of the molecule is CCOCCOCCS(=O)(=O)CCC(C)(C)N(Cl)Cl.O=S(=O)=O. The Hall–Kier alpha value is 0.0300. The molecule has 0 unspecified atom stereocenters. The summed E-state index contributed by atoms with van der Waals surface area (Å²) in [6.45, 7) is 7.15. The Kier molecular flexibility index (Phi) is 14.7. The Morgan fingerprint density at radius 2 is 1.48 bits per heavy atom. The molecule has 0 spiro atoms. The maximum Gasteiger partial charge on any atom is 0.425 e. The highest BCUT2D eigenvalue weighted by Gasteiger charge is 2.26. The fourth-order valence-corrected chi connectivity index (χ4v) is 2.70. The van der Waals surface area contributed by atoms with Crippen LogP contribution in [0.15, 0.2) is 0 Å². The number of ether oxygens (including phenoxy) is 2. The lowest BCUT2D eigenvalue weighted by Gasteiger charge is -2.27. The monoisotopic (exact) mass is 415 g/mol. The molecule has 0 saturated heterocycles. The predicted octanol–water partition coefficient (Wildman–Crippen LogP) is 1.23. The Morgan fingerprint density at radius 1 is 1.00 bits per heavy atom. The first-order chi connectivity index (χ1) is 10.4. The first-order valence-corrected chi connectivity index (χ1v) is 10.2. The van der Waals surface area contributed by atoms with Crippen molar-refractivity contribution in [1.29, 1.82) is 0 Å². The van der Waals surface area contributed by atoms with Crippen molar-refractivity contribution < 1.29 is 30.5 Å². The van der Waals surface area contributed by atoms with E-state index in [4.69, 9.17) is 45.7 Å². The minimum Gasteiger partial charge on any atom is -0.379 e. The molecule has 0 rings (SSSR count). The van der Waals surface area contributed by atoms with Gasteiger partial charge in [-0.05, 0) is 50.7 Å².